The Morgan fingerprint density at radius 3 is 2.00 bits per heavy atom. The summed E-state index contributed by atoms with van der Waals surface area (Å²) < 4.78 is 24.1. The van der Waals surface area contributed by atoms with Crippen molar-refractivity contribution in [1.82, 2.24) is 0 Å². The molecule has 0 N–H and O–H groups in total. The van der Waals surface area contributed by atoms with Crippen molar-refractivity contribution in [3.05, 3.63) is 114 Å². The van der Waals surface area contributed by atoms with Crippen molar-refractivity contribution in [2.45, 2.75) is 11.5 Å². The van der Waals surface area contributed by atoms with E-state index in [1.54, 1.807) is 23.1 Å². The number of hydrogen-bond donors (Lipinski definition) is 0. The fourth-order valence-corrected chi connectivity index (χ4v) is 4.37. The predicted octanol–water partition coefficient (Wildman–Crippen LogP) is 4.55. The van der Waals surface area contributed by atoms with E-state index in [0.29, 0.717) is 16.8 Å². The van der Waals surface area contributed by atoms with Gasteiger partial charge in [-0.2, -0.15) is 0 Å². The second kappa shape index (κ2) is 8.67. The first-order valence-electron chi connectivity index (χ1n) is 10.1. The summed E-state index contributed by atoms with van der Waals surface area (Å²) in [6.45, 7) is 0. The summed E-state index contributed by atoms with van der Waals surface area (Å²) in [5.74, 6) is -2.21. The Hall–Kier alpha value is -3.93. The first kappa shape index (κ1) is 21.3. The van der Waals surface area contributed by atoms with Gasteiger partial charge in [-0.05, 0) is 41.5 Å². The van der Waals surface area contributed by atoms with Crippen LogP contribution in [0, 0.1) is 5.82 Å². The van der Waals surface area contributed by atoms with Crippen LogP contribution in [0.3, 0.4) is 0 Å². The van der Waals surface area contributed by atoms with Gasteiger partial charge in [0.15, 0.2) is 5.54 Å². The van der Waals surface area contributed by atoms with Crippen LogP contribution in [0.5, 0.6) is 0 Å². The van der Waals surface area contributed by atoms with Crippen molar-refractivity contribution in [2.75, 3.05) is 19.1 Å². The van der Waals surface area contributed by atoms with Gasteiger partial charge in [-0.15, -0.1) is 0 Å². The number of carbonyl (C=O) groups is 2. The van der Waals surface area contributed by atoms with Gasteiger partial charge in [-0.1, -0.05) is 60.7 Å². The van der Waals surface area contributed by atoms with Crippen LogP contribution in [0.1, 0.15) is 17.0 Å². The molecular weight excluding hydrogens is 409 g/mol. The molecule has 2 atom stereocenters. The van der Waals surface area contributed by atoms with Crippen LogP contribution in [0.4, 0.5) is 10.1 Å². The predicted molar refractivity (Wildman–Crippen MR) is 118 cm³/mol. The second-order valence-corrected chi connectivity index (χ2v) is 7.37. The number of benzene rings is 3. The number of ether oxygens (including phenoxy) is 2. The molecule has 0 aliphatic carbocycles. The van der Waals surface area contributed by atoms with Crippen LogP contribution in [-0.2, 0) is 24.6 Å². The molecule has 0 saturated carbocycles. The minimum Gasteiger partial charge on any atom is -0.467 e. The lowest BCUT2D eigenvalue weighted by Crippen LogP contribution is -2.53. The first-order valence-corrected chi connectivity index (χ1v) is 10.1. The maximum absolute atomic E-state index is 13.7. The Morgan fingerprint density at radius 1 is 0.844 bits per heavy atom. The molecule has 1 aliphatic heterocycles. The molecule has 5 nitrogen and oxygen atoms in total. The lowest BCUT2D eigenvalue weighted by Gasteiger charge is -2.42. The zero-order valence-corrected chi connectivity index (χ0v) is 17.7. The number of carbonyl (C=O) groups excluding carboxylic acids is 2. The van der Waals surface area contributed by atoms with E-state index >= 15 is 0 Å². The quantitative estimate of drug-likeness (QED) is 0.555. The molecule has 0 amide bonds. The molecule has 6 heteroatoms. The molecule has 0 saturated heterocycles. The molecule has 162 valence electrons. The smallest absolute Gasteiger partial charge is 0.354 e. The highest BCUT2D eigenvalue weighted by Crippen LogP contribution is 2.53. The molecule has 0 fully saturated rings. The maximum atomic E-state index is 13.7. The van der Waals surface area contributed by atoms with Crippen molar-refractivity contribution in [2.24, 2.45) is 0 Å². The van der Waals surface area contributed by atoms with Gasteiger partial charge in [0.2, 0.25) is 0 Å². The zero-order chi connectivity index (χ0) is 22.7. The van der Waals surface area contributed by atoms with E-state index in [1.165, 1.54) is 26.4 Å². The van der Waals surface area contributed by atoms with Crippen LogP contribution in [0.25, 0.3) is 0 Å². The molecule has 0 unspecified atom stereocenters. The summed E-state index contributed by atoms with van der Waals surface area (Å²) in [7, 11) is 2.61. The number of esters is 2. The van der Waals surface area contributed by atoms with Gasteiger partial charge >= 0.3 is 11.9 Å². The zero-order valence-electron chi connectivity index (χ0n) is 17.7. The van der Waals surface area contributed by atoms with E-state index in [-0.39, 0.29) is 5.70 Å². The fourth-order valence-electron chi connectivity index (χ4n) is 4.37. The number of hydrogen-bond acceptors (Lipinski definition) is 5. The molecule has 0 bridgehead atoms. The summed E-state index contributed by atoms with van der Waals surface area (Å²) >= 11 is 0. The highest BCUT2D eigenvalue weighted by atomic mass is 19.1. The van der Waals surface area contributed by atoms with Gasteiger partial charge in [0.05, 0.1) is 14.2 Å². The van der Waals surface area contributed by atoms with E-state index in [4.69, 9.17) is 9.47 Å². The highest BCUT2D eigenvalue weighted by Gasteiger charge is 2.59. The van der Waals surface area contributed by atoms with E-state index in [2.05, 4.69) is 0 Å². The lowest BCUT2D eigenvalue weighted by atomic mass is 9.75. The SMILES string of the molecule is COC(=O)C1=C[C@H](c2ccc(F)cc2)[C@@](C(=O)OC)(c2ccccc2)N1c1ccccc1. The molecule has 0 aromatic heterocycles. The Kier molecular flexibility index (Phi) is 5.77. The van der Waals surface area contributed by atoms with Crippen LogP contribution in [-0.4, -0.2) is 26.2 Å². The normalized spacial score (nSPS) is 19.9. The number of nitrogens with zero attached hydrogens (tertiary/aromatic N) is 1. The second-order valence-electron chi connectivity index (χ2n) is 7.37. The first-order chi connectivity index (χ1) is 15.5. The minimum atomic E-state index is -1.46. The molecule has 0 spiro atoms. The van der Waals surface area contributed by atoms with Crippen molar-refractivity contribution >= 4 is 17.6 Å². The molecule has 3 aromatic rings. The molecular formula is C26H22FNO4. The van der Waals surface area contributed by atoms with E-state index in [0.717, 1.165) is 0 Å². The topological polar surface area (TPSA) is 55.8 Å². The maximum Gasteiger partial charge on any atom is 0.354 e. The average Bonchev–Trinajstić information content (AvgIpc) is 3.21. The van der Waals surface area contributed by atoms with Gasteiger partial charge in [0, 0.05) is 11.6 Å². The highest BCUT2D eigenvalue weighted by molar-refractivity contribution is 6.01. The molecule has 1 heterocycles. The number of methoxy groups -OCH3 is 2. The standard InChI is InChI=1S/C26H22FNO4/c1-31-24(29)23-17-22(18-13-15-20(27)16-14-18)26(25(30)32-2,19-9-5-3-6-10-19)28(23)21-11-7-4-8-12-21/h3-17,22H,1-2H3/t22-,26-/m1/s1. The summed E-state index contributed by atoms with van der Waals surface area (Å²) in [6, 6.07) is 24.1. The Bertz CT molecular complexity index is 1150. The van der Waals surface area contributed by atoms with Gasteiger partial charge in [0.25, 0.3) is 0 Å². The van der Waals surface area contributed by atoms with Gasteiger partial charge in [-0.3, -0.25) is 0 Å². The molecule has 4 rings (SSSR count). The van der Waals surface area contributed by atoms with Crippen LogP contribution < -0.4 is 4.90 Å². The number of anilines is 1. The van der Waals surface area contributed by atoms with E-state index < -0.39 is 29.2 Å². The Morgan fingerprint density at radius 2 is 1.44 bits per heavy atom. The lowest BCUT2D eigenvalue weighted by molar-refractivity contribution is -0.147. The average molecular weight is 431 g/mol. The third-order valence-corrected chi connectivity index (χ3v) is 5.72. The van der Waals surface area contributed by atoms with Gasteiger partial charge in [0.1, 0.15) is 11.5 Å². The van der Waals surface area contributed by atoms with Gasteiger partial charge in [-0.25, -0.2) is 14.0 Å². The minimum absolute atomic E-state index is 0.197. The van der Waals surface area contributed by atoms with Crippen molar-refractivity contribution in [3.63, 3.8) is 0 Å². The molecule has 1 aliphatic rings. The Balaban J connectivity index is 2.08. The van der Waals surface area contributed by atoms with E-state index in [9.17, 15) is 14.0 Å². The van der Waals surface area contributed by atoms with Crippen molar-refractivity contribution in [1.29, 1.82) is 0 Å². The number of para-hydroxylation sites is 1. The van der Waals surface area contributed by atoms with Crippen LogP contribution in [0.15, 0.2) is 96.7 Å². The number of rotatable bonds is 5. The van der Waals surface area contributed by atoms with Crippen LogP contribution in [0.2, 0.25) is 0 Å². The summed E-state index contributed by atoms with van der Waals surface area (Å²) in [4.78, 5) is 28.3. The van der Waals surface area contributed by atoms with E-state index in [1.807, 2.05) is 60.7 Å². The third-order valence-electron chi connectivity index (χ3n) is 5.72. The van der Waals surface area contributed by atoms with Gasteiger partial charge < -0.3 is 14.4 Å². The van der Waals surface area contributed by atoms with Crippen molar-refractivity contribution < 1.29 is 23.5 Å². The van der Waals surface area contributed by atoms with Crippen molar-refractivity contribution in [3.8, 4) is 0 Å². The monoisotopic (exact) mass is 431 g/mol. The molecule has 32 heavy (non-hydrogen) atoms. The Labute approximate surface area is 185 Å². The summed E-state index contributed by atoms with van der Waals surface area (Å²) in [6.07, 6.45) is 1.69. The summed E-state index contributed by atoms with van der Waals surface area (Å²) in [5, 5.41) is 0. The summed E-state index contributed by atoms with van der Waals surface area (Å²) in [5.41, 5.74) is 0.629. The largest absolute Gasteiger partial charge is 0.467 e. The molecule has 3 aromatic carbocycles. The van der Waals surface area contributed by atoms with Crippen LogP contribution >= 0.6 is 0 Å². The number of halogens is 1. The third kappa shape index (κ3) is 3.34. The fraction of sp³-hybridized carbons (Fsp3) is 0.154. The molecule has 0 radical (unpaired) electrons.